The fourth-order valence-corrected chi connectivity index (χ4v) is 4.05. The van der Waals surface area contributed by atoms with E-state index in [0.29, 0.717) is 33.7 Å². The summed E-state index contributed by atoms with van der Waals surface area (Å²) in [5.74, 6) is 1.47. The zero-order valence-corrected chi connectivity index (χ0v) is 17.6. The third kappa shape index (κ3) is 3.69. The van der Waals surface area contributed by atoms with Crippen molar-refractivity contribution in [2.75, 3.05) is 19.1 Å². The Labute approximate surface area is 182 Å². The molecule has 6 nitrogen and oxygen atoms in total. The van der Waals surface area contributed by atoms with Gasteiger partial charge in [-0.3, -0.25) is 9.59 Å². The number of nitrogens with zero attached hydrogens (tertiary/aromatic N) is 1. The number of imide groups is 1. The molecule has 3 aromatic rings. The van der Waals surface area contributed by atoms with Gasteiger partial charge in [-0.05, 0) is 48.2 Å². The number of carbonyl (C=O) groups excluding carboxylic acids is 2. The molecule has 1 fully saturated rings. The van der Waals surface area contributed by atoms with E-state index in [-0.39, 0.29) is 4.91 Å². The fourth-order valence-electron chi connectivity index (χ4n) is 3.01. The van der Waals surface area contributed by atoms with Crippen LogP contribution in [0.3, 0.4) is 0 Å². The van der Waals surface area contributed by atoms with Gasteiger partial charge in [-0.2, -0.15) is 0 Å². The molecule has 0 saturated carbocycles. The molecule has 2 aromatic carbocycles. The molecule has 30 heavy (non-hydrogen) atoms. The molecule has 1 saturated heterocycles. The first-order valence-corrected chi connectivity index (χ1v) is 10.1. The first-order chi connectivity index (χ1) is 14.5. The Hall–Kier alpha value is -3.16. The minimum Gasteiger partial charge on any atom is -0.497 e. The van der Waals surface area contributed by atoms with E-state index in [1.165, 1.54) is 14.2 Å². The molecule has 8 heteroatoms. The minimum absolute atomic E-state index is 0.248. The molecule has 1 aliphatic rings. The molecule has 0 atom stereocenters. The van der Waals surface area contributed by atoms with Gasteiger partial charge in [0.05, 0.1) is 29.8 Å². The van der Waals surface area contributed by atoms with Gasteiger partial charge < -0.3 is 13.9 Å². The molecule has 0 radical (unpaired) electrons. The molecule has 0 spiro atoms. The Morgan fingerprint density at radius 3 is 2.57 bits per heavy atom. The summed E-state index contributed by atoms with van der Waals surface area (Å²) in [6.45, 7) is 0. The lowest BCUT2D eigenvalue weighted by molar-refractivity contribution is -0.113. The second kappa shape index (κ2) is 8.30. The lowest BCUT2D eigenvalue weighted by Crippen LogP contribution is -2.28. The third-order valence-electron chi connectivity index (χ3n) is 4.46. The van der Waals surface area contributed by atoms with Gasteiger partial charge >= 0.3 is 0 Å². The summed E-state index contributed by atoms with van der Waals surface area (Å²) in [5.41, 5.74) is 1.09. The van der Waals surface area contributed by atoms with Gasteiger partial charge in [0.15, 0.2) is 0 Å². The zero-order valence-electron chi connectivity index (χ0n) is 16.0. The van der Waals surface area contributed by atoms with Gasteiger partial charge in [0.2, 0.25) is 0 Å². The van der Waals surface area contributed by atoms with Crippen molar-refractivity contribution in [3.63, 3.8) is 0 Å². The first-order valence-electron chi connectivity index (χ1n) is 8.86. The molecular weight excluding hydrogens is 426 g/mol. The van der Waals surface area contributed by atoms with Crippen LogP contribution in [0, 0.1) is 0 Å². The molecule has 0 N–H and O–H groups in total. The second-order valence-electron chi connectivity index (χ2n) is 6.24. The number of hydrogen-bond acceptors (Lipinski definition) is 6. The van der Waals surface area contributed by atoms with Gasteiger partial charge in [-0.1, -0.05) is 23.7 Å². The van der Waals surface area contributed by atoms with E-state index < -0.39 is 11.1 Å². The van der Waals surface area contributed by atoms with E-state index in [9.17, 15) is 9.59 Å². The van der Waals surface area contributed by atoms with Crippen LogP contribution in [0.25, 0.3) is 17.4 Å². The van der Waals surface area contributed by atoms with Crippen molar-refractivity contribution in [1.29, 1.82) is 0 Å². The van der Waals surface area contributed by atoms with Crippen molar-refractivity contribution in [3.8, 4) is 22.8 Å². The predicted octanol–water partition coefficient (Wildman–Crippen LogP) is 5.86. The SMILES string of the molecule is COc1ccc(N2C(=O)S/C(=C/c3ccc(-c4ccccc4Cl)o3)C2=O)c(OC)c1. The van der Waals surface area contributed by atoms with Crippen LogP contribution in [0.5, 0.6) is 11.5 Å². The van der Waals surface area contributed by atoms with Crippen LogP contribution >= 0.6 is 23.4 Å². The molecule has 1 aromatic heterocycles. The predicted molar refractivity (Wildman–Crippen MR) is 117 cm³/mol. The zero-order chi connectivity index (χ0) is 21.3. The van der Waals surface area contributed by atoms with Crippen molar-refractivity contribution in [2.45, 2.75) is 0 Å². The van der Waals surface area contributed by atoms with Crippen molar-refractivity contribution in [2.24, 2.45) is 0 Å². The standard InChI is InChI=1S/C22H16ClNO5S/c1-27-13-7-9-17(19(11-13)28-2)24-21(25)20(30-22(24)26)12-14-8-10-18(29-14)15-5-3-4-6-16(15)23/h3-12H,1-2H3/b20-12+. The molecule has 4 rings (SSSR count). The van der Waals surface area contributed by atoms with Gasteiger partial charge in [0.25, 0.3) is 11.1 Å². The molecule has 1 aliphatic heterocycles. The third-order valence-corrected chi connectivity index (χ3v) is 5.66. The van der Waals surface area contributed by atoms with Gasteiger partial charge in [0, 0.05) is 17.7 Å². The number of halogens is 1. The van der Waals surface area contributed by atoms with Gasteiger partial charge in [-0.25, -0.2) is 4.90 Å². The highest BCUT2D eigenvalue weighted by atomic mass is 35.5. The average molecular weight is 442 g/mol. The molecule has 2 heterocycles. The number of thioether (sulfide) groups is 1. The van der Waals surface area contributed by atoms with Crippen LogP contribution in [0.1, 0.15) is 5.76 Å². The van der Waals surface area contributed by atoms with E-state index in [1.807, 2.05) is 18.2 Å². The van der Waals surface area contributed by atoms with Crippen LogP contribution in [-0.2, 0) is 4.79 Å². The molecular formula is C22H16ClNO5S. The summed E-state index contributed by atoms with van der Waals surface area (Å²) in [4.78, 5) is 26.8. The summed E-state index contributed by atoms with van der Waals surface area (Å²) in [5, 5.41) is 0.137. The highest BCUT2D eigenvalue weighted by Crippen LogP contribution is 2.41. The fraction of sp³-hybridized carbons (Fsp3) is 0.0909. The number of anilines is 1. The summed E-state index contributed by atoms with van der Waals surface area (Å²) in [7, 11) is 2.99. The molecule has 0 unspecified atom stereocenters. The largest absolute Gasteiger partial charge is 0.497 e. The maximum absolute atomic E-state index is 12.9. The number of furan rings is 1. The number of hydrogen-bond donors (Lipinski definition) is 0. The first kappa shape index (κ1) is 20.1. The number of ether oxygens (including phenoxy) is 2. The lowest BCUT2D eigenvalue weighted by Gasteiger charge is -2.16. The Balaban J connectivity index is 1.64. The Morgan fingerprint density at radius 1 is 1.03 bits per heavy atom. The van der Waals surface area contributed by atoms with E-state index in [1.54, 1.807) is 42.5 Å². The van der Waals surface area contributed by atoms with Crippen LogP contribution in [0.4, 0.5) is 10.5 Å². The topological polar surface area (TPSA) is 69.0 Å². The Bertz CT molecular complexity index is 1170. The lowest BCUT2D eigenvalue weighted by atomic mass is 10.2. The second-order valence-corrected chi connectivity index (χ2v) is 7.64. The molecule has 152 valence electrons. The highest BCUT2D eigenvalue weighted by molar-refractivity contribution is 8.19. The monoisotopic (exact) mass is 441 g/mol. The molecule has 0 aliphatic carbocycles. The number of carbonyl (C=O) groups is 2. The van der Waals surface area contributed by atoms with Crippen LogP contribution < -0.4 is 14.4 Å². The molecule has 0 bridgehead atoms. The van der Waals surface area contributed by atoms with Crippen LogP contribution in [0.2, 0.25) is 5.02 Å². The van der Waals surface area contributed by atoms with Gasteiger partial charge in [0.1, 0.15) is 23.0 Å². The average Bonchev–Trinajstić information content (AvgIpc) is 3.32. The Morgan fingerprint density at radius 2 is 1.83 bits per heavy atom. The van der Waals surface area contributed by atoms with E-state index in [2.05, 4.69) is 0 Å². The maximum atomic E-state index is 12.9. The summed E-state index contributed by atoms with van der Waals surface area (Å²) < 4.78 is 16.3. The minimum atomic E-state index is -0.454. The summed E-state index contributed by atoms with van der Waals surface area (Å²) >= 11 is 7.05. The number of rotatable bonds is 5. The van der Waals surface area contributed by atoms with E-state index in [0.717, 1.165) is 22.2 Å². The highest BCUT2D eigenvalue weighted by Gasteiger charge is 2.38. The summed E-state index contributed by atoms with van der Waals surface area (Å²) in [6, 6.07) is 15.7. The van der Waals surface area contributed by atoms with E-state index in [4.69, 9.17) is 25.5 Å². The van der Waals surface area contributed by atoms with Crippen LogP contribution in [-0.4, -0.2) is 25.4 Å². The number of amides is 2. The van der Waals surface area contributed by atoms with Crippen molar-refractivity contribution in [1.82, 2.24) is 0 Å². The van der Waals surface area contributed by atoms with Gasteiger partial charge in [-0.15, -0.1) is 0 Å². The number of benzene rings is 2. The summed E-state index contributed by atoms with van der Waals surface area (Å²) in [6.07, 6.45) is 1.54. The van der Waals surface area contributed by atoms with Crippen LogP contribution in [0.15, 0.2) is 63.9 Å². The van der Waals surface area contributed by atoms with Crippen molar-refractivity contribution < 1.29 is 23.5 Å². The van der Waals surface area contributed by atoms with E-state index >= 15 is 0 Å². The van der Waals surface area contributed by atoms with Crippen molar-refractivity contribution >= 4 is 46.3 Å². The molecule has 2 amide bonds. The maximum Gasteiger partial charge on any atom is 0.298 e. The van der Waals surface area contributed by atoms with Crippen molar-refractivity contribution in [3.05, 3.63) is 70.3 Å². The normalized spacial score (nSPS) is 15.2. The Kier molecular flexibility index (Phi) is 5.57. The smallest absolute Gasteiger partial charge is 0.298 e. The number of methoxy groups -OCH3 is 2. The quantitative estimate of drug-likeness (QED) is 0.462.